The lowest BCUT2D eigenvalue weighted by Crippen LogP contribution is -2.04. The summed E-state index contributed by atoms with van der Waals surface area (Å²) in [6, 6.07) is 14.6. The molecule has 0 saturated heterocycles. The Morgan fingerprint density at radius 2 is 1.89 bits per heavy atom. The van der Waals surface area contributed by atoms with Crippen LogP contribution < -0.4 is 10.5 Å². The Kier molecular flexibility index (Phi) is 4.18. The summed E-state index contributed by atoms with van der Waals surface area (Å²) in [7, 11) is 0. The van der Waals surface area contributed by atoms with Crippen molar-refractivity contribution >= 4 is 11.5 Å². The van der Waals surface area contributed by atoms with Crippen molar-refractivity contribution < 1.29 is 9.53 Å². The maximum atomic E-state index is 12.1. The summed E-state index contributed by atoms with van der Waals surface area (Å²) in [6.45, 7) is 2.55. The lowest BCUT2D eigenvalue weighted by molar-refractivity contribution is 0.0993. The van der Waals surface area contributed by atoms with Crippen LogP contribution in [0.3, 0.4) is 0 Å². The fourth-order valence-electron chi connectivity index (χ4n) is 1.89. The van der Waals surface area contributed by atoms with E-state index in [9.17, 15) is 4.79 Å². The van der Waals surface area contributed by atoms with E-state index in [1.54, 1.807) is 12.1 Å². The molecule has 2 rings (SSSR count). The highest BCUT2D eigenvalue weighted by molar-refractivity contribution is 5.97. The number of nitrogens with two attached hydrogens (primary N) is 1. The highest BCUT2D eigenvalue weighted by Crippen LogP contribution is 2.15. The molecule has 3 nitrogen and oxygen atoms in total. The van der Waals surface area contributed by atoms with Crippen molar-refractivity contribution in [2.45, 2.75) is 13.3 Å². The molecule has 0 aliphatic heterocycles. The molecule has 2 aromatic carbocycles. The Labute approximate surface area is 113 Å². The number of benzene rings is 2. The number of nitrogen functional groups attached to an aromatic ring is 1. The molecule has 19 heavy (non-hydrogen) atoms. The highest BCUT2D eigenvalue weighted by atomic mass is 16.5. The Hall–Kier alpha value is -2.29. The number of hydrogen-bond acceptors (Lipinski definition) is 3. The number of Topliss-reactive ketones (excluding diaryl/α,β-unsaturated/α-hetero) is 1. The molecule has 0 amide bonds. The van der Waals surface area contributed by atoms with Gasteiger partial charge in [0.1, 0.15) is 5.75 Å². The summed E-state index contributed by atoms with van der Waals surface area (Å²) in [6.07, 6.45) is 0.360. The Bertz CT molecular complexity index is 561. The second-order valence-electron chi connectivity index (χ2n) is 4.30. The van der Waals surface area contributed by atoms with E-state index in [0.717, 1.165) is 11.3 Å². The van der Waals surface area contributed by atoms with Crippen molar-refractivity contribution in [1.29, 1.82) is 0 Å². The lowest BCUT2D eigenvalue weighted by atomic mass is 10.0. The third kappa shape index (κ3) is 3.58. The van der Waals surface area contributed by atoms with Gasteiger partial charge in [0, 0.05) is 17.7 Å². The molecule has 0 radical (unpaired) electrons. The molecule has 0 aromatic heterocycles. The molecule has 3 heteroatoms. The van der Waals surface area contributed by atoms with Crippen LogP contribution in [-0.2, 0) is 6.42 Å². The predicted molar refractivity (Wildman–Crippen MR) is 76.5 cm³/mol. The monoisotopic (exact) mass is 255 g/mol. The van der Waals surface area contributed by atoms with E-state index >= 15 is 0 Å². The zero-order valence-electron chi connectivity index (χ0n) is 10.9. The SMILES string of the molecule is CCOc1ccc(C(=O)Cc2cccc(N)c2)cc1. The van der Waals surface area contributed by atoms with E-state index in [0.29, 0.717) is 24.3 Å². The van der Waals surface area contributed by atoms with Crippen LogP contribution in [0.15, 0.2) is 48.5 Å². The second kappa shape index (κ2) is 6.05. The van der Waals surface area contributed by atoms with E-state index < -0.39 is 0 Å². The van der Waals surface area contributed by atoms with Gasteiger partial charge in [0.15, 0.2) is 5.78 Å². The molecular weight excluding hydrogens is 238 g/mol. The predicted octanol–water partition coefficient (Wildman–Crippen LogP) is 3.09. The number of carbonyl (C=O) groups excluding carboxylic acids is 1. The quantitative estimate of drug-likeness (QED) is 0.659. The second-order valence-corrected chi connectivity index (χ2v) is 4.30. The van der Waals surface area contributed by atoms with E-state index in [1.165, 1.54) is 0 Å². The summed E-state index contributed by atoms with van der Waals surface area (Å²) in [5, 5.41) is 0. The lowest BCUT2D eigenvalue weighted by Gasteiger charge is -2.05. The van der Waals surface area contributed by atoms with E-state index in [-0.39, 0.29) is 5.78 Å². The van der Waals surface area contributed by atoms with Crippen molar-refractivity contribution in [2.75, 3.05) is 12.3 Å². The molecule has 0 aliphatic rings. The van der Waals surface area contributed by atoms with Crippen LogP contribution in [0.1, 0.15) is 22.8 Å². The average Bonchev–Trinajstić information content (AvgIpc) is 2.40. The Morgan fingerprint density at radius 3 is 2.53 bits per heavy atom. The minimum Gasteiger partial charge on any atom is -0.494 e. The molecule has 98 valence electrons. The number of ketones is 1. The van der Waals surface area contributed by atoms with Crippen LogP contribution in [0.25, 0.3) is 0 Å². The van der Waals surface area contributed by atoms with Crippen LogP contribution in [-0.4, -0.2) is 12.4 Å². The highest BCUT2D eigenvalue weighted by Gasteiger charge is 2.07. The third-order valence-corrected chi connectivity index (χ3v) is 2.80. The van der Waals surface area contributed by atoms with Crippen LogP contribution >= 0.6 is 0 Å². The number of ether oxygens (including phenoxy) is 1. The summed E-state index contributed by atoms with van der Waals surface area (Å²) in [5.41, 5.74) is 7.99. The minimum absolute atomic E-state index is 0.0775. The minimum atomic E-state index is 0.0775. The molecule has 0 fully saturated rings. The number of hydrogen-bond donors (Lipinski definition) is 1. The van der Waals surface area contributed by atoms with Gasteiger partial charge in [-0.15, -0.1) is 0 Å². The topological polar surface area (TPSA) is 52.3 Å². The first-order valence-corrected chi connectivity index (χ1v) is 6.29. The Balaban J connectivity index is 2.07. The van der Waals surface area contributed by atoms with Crippen molar-refractivity contribution in [2.24, 2.45) is 0 Å². The fourth-order valence-corrected chi connectivity index (χ4v) is 1.89. The first kappa shape index (κ1) is 13.1. The van der Waals surface area contributed by atoms with E-state index in [2.05, 4.69) is 0 Å². The largest absolute Gasteiger partial charge is 0.494 e. The summed E-state index contributed by atoms with van der Waals surface area (Å²) in [4.78, 5) is 12.1. The summed E-state index contributed by atoms with van der Waals surface area (Å²) in [5.74, 6) is 0.858. The molecule has 2 N–H and O–H groups in total. The van der Waals surface area contributed by atoms with Crippen molar-refractivity contribution in [3.63, 3.8) is 0 Å². The van der Waals surface area contributed by atoms with Gasteiger partial charge in [0.25, 0.3) is 0 Å². The molecule has 0 unspecified atom stereocenters. The fraction of sp³-hybridized carbons (Fsp3) is 0.188. The summed E-state index contributed by atoms with van der Waals surface area (Å²) >= 11 is 0. The van der Waals surface area contributed by atoms with Crippen molar-refractivity contribution in [1.82, 2.24) is 0 Å². The van der Waals surface area contributed by atoms with Crippen LogP contribution in [0, 0.1) is 0 Å². The molecule has 0 saturated carbocycles. The van der Waals surface area contributed by atoms with Gasteiger partial charge < -0.3 is 10.5 Å². The van der Waals surface area contributed by atoms with Crippen LogP contribution in [0.5, 0.6) is 5.75 Å². The number of anilines is 1. The van der Waals surface area contributed by atoms with Gasteiger partial charge in [-0.2, -0.15) is 0 Å². The van der Waals surface area contributed by atoms with E-state index in [4.69, 9.17) is 10.5 Å². The first-order chi connectivity index (χ1) is 9.19. The average molecular weight is 255 g/mol. The van der Waals surface area contributed by atoms with Gasteiger partial charge in [-0.1, -0.05) is 12.1 Å². The maximum absolute atomic E-state index is 12.1. The standard InChI is InChI=1S/C16H17NO2/c1-2-19-15-8-6-13(7-9-15)16(18)11-12-4-3-5-14(17)10-12/h3-10H,2,11,17H2,1H3. The number of carbonyl (C=O) groups is 1. The zero-order valence-corrected chi connectivity index (χ0v) is 10.9. The third-order valence-electron chi connectivity index (χ3n) is 2.80. The first-order valence-electron chi connectivity index (χ1n) is 6.29. The maximum Gasteiger partial charge on any atom is 0.167 e. The van der Waals surface area contributed by atoms with Crippen molar-refractivity contribution in [3.05, 3.63) is 59.7 Å². The molecular formula is C16H17NO2. The van der Waals surface area contributed by atoms with Gasteiger partial charge in [-0.05, 0) is 48.9 Å². The number of rotatable bonds is 5. The normalized spacial score (nSPS) is 10.2. The van der Waals surface area contributed by atoms with Gasteiger partial charge >= 0.3 is 0 Å². The Morgan fingerprint density at radius 1 is 1.16 bits per heavy atom. The van der Waals surface area contributed by atoms with Crippen molar-refractivity contribution in [3.8, 4) is 5.75 Å². The van der Waals surface area contributed by atoms with E-state index in [1.807, 2.05) is 43.3 Å². The van der Waals surface area contributed by atoms with Gasteiger partial charge in [-0.25, -0.2) is 0 Å². The van der Waals surface area contributed by atoms with Gasteiger partial charge in [-0.3, -0.25) is 4.79 Å². The molecule has 0 aliphatic carbocycles. The zero-order chi connectivity index (χ0) is 13.7. The van der Waals surface area contributed by atoms with Crippen LogP contribution in [0.2, 0.25) is 0 Å². The smallest absolute Gasteiger partial charge is 0.167 e. The van der Waals surface area contributed by atoms with Gasteiger partial charge in [0.2, 0.25) is 0 Å². The molecule has 0 bridgehead atoms. The summed E-state index contributed by atoms with van der Waals surface area (Å²) < 4.78 is 5.35. The van der Waals surface area contributed by atoms with Gasteiger partial charge in [0.05, 0.1) is 6.61 Å². The molecule has 2 aromatic rings. The molecule has 0 spiro atoms. The van der Waals surface area contributed by atoms with Crippen LogP contribution in [0.4, 0.5) is 5.69 Å². The molecule has 0 heterocycles. The molecule has 0 atom stereocenters.